The maximum atomic E-state index is 12.3. The van der Waals surface area contributed by atoms with E-state index < -0.39 is 0 Å². The highest BCUT2D eigenvalue weighted by molar-refractivity contribution is 6.31. The van der Waals surface area contributed by atoms with Gasteiger partial charge in [-0.25, -0.2) is 4.98 Å². The summed E-state index contributed by atoms with van der Waals surface area (Å²) in [6.45, 7) is 4.84. The van der Waals surface area contributed by atoms with Crippen LogP contribution in [0.2, 0.25) is 5.02 Å². The summed E-state index contributed by atoms with van der Waals surface area (Å²) in [5, 5.41) is 4.12. The lowest BCUT2D eigenvalue weighted by Gasteiger charge is -2.35. The Hall–Kier alpha value is -1.85. The van der Waals surface area contributed by atoms with Gasteiger partial charge in [-0.3, -0.25) is 9.36 Å². The number of piperazine rings is 1. The van der Waals surface area contributed by atoms with Crippen LogP contribution in [-0.2, 0) is 19.9 Å². The Bertz CT molecular complexity index is 774. The molecule has 1 aliphatic heterocycles. The fraction of sp³-hybridized carbons (Fsp3) is 0.444. The van der Waals surface area contributed by atoms with E-state index in [1.807, 2.05) is 24.3 Å². The molecule has 0 unspecified atom stereocenters. The second kappa shape index (κ2) is 7.36. The van der Waals surface area contributed by atoms with Gasteiger partial charge in [0.15, 0.2) is 0 Å². The van der Waals surface area contributed by atoms with E-state index in [1.165, 1.54) is 0 Å². The van der Waals surface area contributed by atoms with Crippen molar-refractivity contribution in [3.63, 3.8) is 0 Å². The molecule has 2 aromatic rings. The third-order valence-electron chi connectivity index (χ3n) is 4.59. The first-order chi connectivity index (χ1) is 11.6. The number of anilines is 1. The number of hydrogen-bond donors (Lipinski definition) is 1. The predicted molar refractivity (Wildman–Crippen MR) is 98.0 cm³/mol. The first-order valence-electron chi connectivity index (χ1n) is 8.34. The number of halogens is 1. The summed E-state index contributed by atoms with van der Waals surface area (Å²) in [5.74, 6) is 1.57. The molecule has 0 bridgehead atoms. The maximum Gasteiger partial charge on any atom is 0.255 e. The Morgan fingerprint density at radius 3 is 2.88 bits per heavy atom. The fourth-order valence-corrected chi connectivity index (χ4v) is 3.30. The molecule has 6 heteroatoms. The van der Waals surface area contributed by atoms with Gasteiger partial charge in [0.1, 0.15) is 11.6 Å². The average Bonchev–Trinajstić information content (AvgIpc) is 2.58. The van der Waals surface area contributed by atoms with E-state index in [-0.39, 0.29) is 5.56 Å². The molecular weight excluding hydrogens is 324 g/mol. The van der Waals surface area contributed by atoms with Gasteiger partial charge in [-0.05, 0) is 25.0 Å². The highest BCUT2D eigenvalue weighted by Gasteiger charge is 2.20. The average molecular weight is 347 g/mol. The number of aryl methyl sites for hydroxylation is 2. The van der Waals surface area contributed by atoms with Crippen LogP contribution in [-0.4, -0.2) is 35.2 Å². The molecule has 24 heavy (non-hydrogen) atoms. The van der Waals surface area contributed by atoms with E-state index in [0.717, 1.165) is 48.3 Å². The molecule has 0 aliphatic carbocycles. The zero-order valence-electron chi connectivity index (χ0n) is 14.1. The van der Waals surface area contributed by atoms with Crippen molar-refractivity contribution in [2.45, 2.75) is 25.8 Å². The molecule has 1 atom stereocenters. The monoisotopic (exact) mass is 346 g/mol. The molecule has 1 aromatic carbocycles. The normalized spacial score (nSPS) is 18.0. The van der Waals surface area contributed by atoms with Crippen molar-refractivity contribution >= 4 is 17.4 Å². The molecule has 1 saturated heterocycles. The van der Waals surface area contributed by atoms with Gasteiger partial charge in [0.05, 0.1) is 0 Å². The number of hydrogen-bond acceptors (Lipinski definition) is 4. The van der Waals surface area contributed by atoms with Crippen molar-refractivity contribution in [2.24, 2.45) is 7.05 Å². The molecule has 0 spiro atoms. The summed E-state index contributed by atoms with van der Waals surface area (Å²) in [6.07, 6.45) is 1.45. The molecule has 128 valence electrons. The standard InChI is InChI=1S/C18H23ClN4O/c1-13-12-20-9-10-23(13)17-11-18(24)22(2)16(21-17)8-7-14-5-3-4-6-15(14)19/h3-6,11,13,20H,7-10,12H2,1-2H3/t13-/m1/s1. The van der Waals surface area contributed by atoms with E-state index in [9.17, 15) is 4.79 Å². The topological polar surface area (TPSA) is 50.2 Å². The Kier molecular flexibility index (Phi) is 5.21. The number of rotatable bonds is 4. The summed E-state index contributed by atoms with van der Waals surface area (Å²) in [7, 11) is 1.78. The zero-order chi connectivity index (χ0) is 17.1. The van der Waals surface area contributed by atoms with E-state index in [4.69, 9.17) is 16.6 Å². The van der Waals surface area contributed by atoms with Crippen LogP contribution in [0.5, 0.6) is 0 Å². The van der Waals surface area contributed by atoms with Gasteiger partial charge in [0.25, 0.3) is 5.56 Å². The molecular formula is C18H23ClN4O. The molecule has 0 saturated carbocycles. The van der Waals surface area contributed by atoms with Gasteiger partial charge in [-0.2, -0.15) is 0 Å². The van der Waals surface area contributed by atoms with Gasteiger partial charge in [-0.15, -0.1) is 0 Å². The first kappa shape index (κ1) is 17.0. The SMILES string of the molecule is C[C@@H]1CNCCN1c1cc(=O)n(C)c(CCc2ccccc2Cl)n1. The van der Waals surface area contributed by atoms with Crippen molar-refractivity contribution in [1.82, 2.24) is 14.9 Å². The van der Waals surface area contributed by atoms with Gasteiger partial charge < -0.3 is 10.2 Å². The summed E-state index contributed by atoms with van der Waals surface area (Å²) in [5.41, 5.74) is 1.06. The Morgan fingerprint density at radius 1 is 1.33 bits per heavy atom. The molecule has 1 fully saturated rings. The first-order valence-corrected chi connectivity index (χ1v) is 8.72. The Balaban J connectivity index is 1.85. The van der Waals surface area contributed by atoms with Crippen LogP contribution < -0.4 is 15.8 Å². The molecule has 1 aliphatic rings. The summed E-state index contributed by atoms with van der Waals surface area (Å²) in [4.78, 5) is 19.3. The van der Waals surface area contributed by atoms with Crippen LogP contribution in [0.15, 0.2) is 35.1 Å². The second-order valence-electron chi connectivity index (χ2n) is 6.27. The molecule has 2 heterocycles. The minimum Gasteiger partial charge on any atom is -0.351 e. The lowest BCUT2D eigenvalue weighted by Crippen LogP contribution is -2.50. The molecule has 3 rings (SSSR count). The van der Waals surface area contributed by atoms with Gasteiger partial charge >= 0.3 is 0 Å². The van der Waals surface area contributed by atoms with Crippen molar-refractivity contribution in [1.29, 1.82) is 0 Å². The summed E-state index contributed by atoms with van der Waals surface area (Å²) in [6, 6.07) is 9.78. The van der Waals surface area contributed by atoms with Crippen molar-refractivity contribution in [3.05, 3.63) is 57.1 Å². The number of benzene rings is 1. The van der Waals surface area contributed by atoms with E-state index in [1.54, 1.807) is 17.7 Å². The number of nitrogens with one attached hydrogen (secondary N) is 1. The second-order valence-corrected chi connectivity index (χ2v) is 6.67. The van der Waals surface area contributed by atoms with E-state index >= 15 is 0 Å². The lowest BCUT2D eigenvalue weighted by molar-refractivity contribution is 0.495. The fourth-order valence-electron chi connectivity index (χ4n) is 3.07. The molecule has 5 nitrogen and oxygen atoms in total. The lowest BCUT2D eigenvalue weighted by atomic mass is 10.1. The van der Waals surface area contributed by atoms with Crippen LogP contribution in [0.25, 0.3) is 0 Å². The highest BCUT2D eigenvalue weighted by atomic mass is 35.5. The van der Waals surface area contributed by atoms with Crippen molar-refractivity contribution < 1.29 is 0 Å². The third-order valence-corrected chi connectivity index (χ3v) is 4.95. The van der Waals surface area contributed by atoms with Crippen LogP contribution in [0.3, 0.4) is 0 Å². The van der Waals surface area contributed by atoms with Gasteiger partial charge in [0, 0.05) is 50.2 Å². The summed E-state index contributed by atoms with van der Waals surface area (Å²) >= 11 is 6.23. The third kappa shape index (κ3) is 3.62. The predicted octanol–water partition coefficient (Wildman–Crippen LogP) is 2.02. The van der Waals surface area contributed by atoms with Crippen molar-refractivity contribution in [2.75, 3.05) is 24.5 Å². The van der Waals surface area contributed by atoms with Crippen LogP contribution in [0.4, 0.5) is 5.82 Å². The quantitative estimate of drug-likeness (QED) is 0.920. The number of nitrogens with zero attached hydrogens (tertiary/aromatic N) is 3. The maximum absolute atomic E-state index is 12.3. The molecule has 1 N–H and O–H groups in total. The Labute approximate surface area is 147 Å². The highest BCUT2D eigenvalue weighted by Crippen LogP contribution is 2.18. The van der Waals surface area contributed by atoms with E-state index in [2.05, 4.69) is 17.1 Å². The largest absolute Gasteiger partial charge is 0.351 e. The van der Waals surface area contributed by atoms with Gasteiger partial charge in [0.2, 0.25) is 0 Å². The zero-order valence-corrected chi connectivity index (χ0v) is 14.9. The van der Waals surface area contributed by atoms with Crippen LogP contribution >= 0.6 is 11.6 Å². The minimum atomic E-state index is -0.0140. The smallest absolute Gasteiger partial charge is 0.255 e. The Morgan fingerprint density at radius 2 is 2.12 bits per heavy atom. The number of aromatic nitrogens is 2. The van der Waals surface area contributed by atoms with E-state index in [0.29, 0.717) is 12.5 Å². The van der Waals surface area contributed by atoms with Crippen LogP contribution in [0.1, 0.15) is 18.3 Å². The van der Waals surface area contributed by atoms with Crippen molar-refractivity contribution in [3.8, 4) is 0 Å². The molecule has 1 aromatic heterocycles. The molecule has 0 amide bonds. The van der Waals surface area contributed by atoms with Crippen LogP contribution in [0, 0.1) is 0 Å². The summed E-state index contributed by atoms with van der Waals surface area (Å²) < 4.78 is 1.63. The minimum absolute atomic E-state index is 0.0140. The molecule has 0 radical (unpaired) electrons. The van der Waals surface area contributed by atoms with Gasteiger partial charge in [-0.1, -0.05) is 29.8 Å².